The highest BCUT2D eigenvalue weighted by Gasteiger charge is 2.39. The molecule has 0 saturated heterocycles. The smallest absolute Gasteiger partial charge is 0.103 e. The fourth-order valence-corrected chi connectivity index (χ4v) is 6.78. The van der Waals surface area contributed by atoms with Crippen molar-refractivity contribution < 1.29 is 4.39 Å². The summed E-state index contributed by atoms with van der Waals surface area (Å²) in [4.78, 5) is 0. The first-order valence-electron chi connectivity index (χ1n) is 12.3. The van der Waals surface area contributed by atoms with Crippen molar-refractivity contribution in [2.24, 2.45) is 35.5 Å². The second-order valence-electron chi connectivity index (χ2n) is 10.2. The van der Waals surface area contributed by atoms with E-state index in [1.807, 2.05) is 0 Å². The van der Waals surface area contributed by atoms with Crippen molar-refractivity contribution in [3.05, 3.63) is 0 Å². The van der Waals surface area contributed by atoms with E-state index in [4.69, 9.17) is 0 Å². The summed E-state index contributed by atoms with van der Waals surface area (Å²) in [6.45, 7) is 4.63. The molecular weight excluding hydrogens is 319 g/mol. The van der Waals surface area contributed by atoms with Crippen LogP contribution in [-0.4, -0.2) is 6.17 Å². The summed E-state index contributed by atoms with van der Waals surface area (Å²) in [5.41, 5.74) is 0. The summed E-state index contributed by atoms with van der Waals surface area (Å²) in [6.07, 6.45) is 21.0. The topological polar surface area (TPSA) is 0 Å². The van der Waals surface area contributed by atoms with Crippen LogP contribution >= 0.6 is 0 Å². The van der Waals surface area contributed by atoms with Crippen molar-refractivity contribution in [3.63, 3.8) is 0 Å². The van der Waals surface area contributed by atoms with E-state index in [2.05, 4.69) is 13.8 Å². The number of unbranched alkanes of at least 4 members (excludes halogenated alkanes) is 2. The fraction of sp³-hybridized carbons (Fsp3) is 1.00. The molecule has 0 nitrogen and oxygen atoms in total. The van der Waals surface area contributed by atoms with Crippen LogP contribution in [-0.2, 0) is 0 Å². The van der Waals surface area contributed by atoms with Crippen molar-refractivity contribution in [2.75, 3.05) is 0 Å². The molecule has 0 heterocycles. The molecule has 3 rings (SSSR count). The van der Waals surface area contributed by atoms with E-state index in [-0.39, 0.29) is 0 Å². The maximum Gasteiger partial charge on any atom is 0.103 e. The number of hydrogen-bond donors (Lipinski definition) is 0. The fourth-order valence-electron chi connectivity index (χ4n) is 6.78. The molecule has 3 fully saturated rings. The maximum absolute atomic E-state index is 15.1. The Morgan fingerprint density at radius 2 is 1.27 bits per heavy atom. The van der Waals surface area contributed by atoms with Gasteiger partial charge in [0.25, 0.3) is 0 Å². The van der Waals surface area contributed by atoms with Gasteiger partial charge in [0, 0.05) is 0 Å². The van der Waals surface area contributed by atoms with Gasteiger partial charge in [0.15, 0.2) is 0 Å². The van der Waals surface area contributed by atoms with E-state index in [1.165, 1.54) is 96.3 Å². The van der Waals surface area contributed by atoms with Gasteiger partial charge >= 0.3 is 0 Å². The zero-order valence-corrected chi connectivity index (χ0v) is 17.7. The number of halogens is 1. The van der Waals surface area contributed by atoms with Crippen molar-refractivity contribution in [1.82, 2.24) is 0 Å². The Kier molecular flexibility index (Phi) is 8.32. The summed E-state index contributed by atoms with van der Waals surface area (Å²) >= 11 is 0. The van der Waals surface area contributed by atoms with Crippen LogP contribution in [0.4, 0.5) is 4.39 Å². The summed E-state index contributed by atoms with van der Waals surface area (Å²) in [6, 6.07) is 0. The van der Waals surface area contributed by atoms with Gasteiger partial charge in [-0.15, -0.1) is 0 Å². The molecule has 3 saturated carbocycles. The summed E-state index contributed by atoms with van der Waals surface area (Å²) in [5, 5.41) is 0. The van der Waals surface area contributed by atoms with E-state index in [0.29, 0.717) is 17.8 Å². The van der Waals surface area contributed by atoms with E-state index in [9.17, 15) is 0 Å². The molecule has 152 valence electrons. The number of alkyl halides is 1. The third-order valence-electron chi connectivity index (χ3n) is 8.71. The Balaban J connectivity index is 1.39. The Hall–Kier alpha value is -0.0700. The Bertz CT molecular complexity index is 376. The average Bonchev–Trinajstić information content (AvgIpc) is 2.69. The predicted octanol–water partition coefficient (Wildman–Crippen LogP) is 8.34. The van der Waals surface area contributed by atoms with E-state index in [1.54, 1.807) is 0 Å². The highest BCUT2D eigenvalue weighted by molar-refractivity contribution is 4.90. The Morgan fingerprint density at radius 1 is 0.654 bits per heavy atom. The van der Waals surface area contributed by atoms with Gasteiger partial charge in [-0.3, -0.25) is 0 Å². The van der Waals surface area contributed by atoms with Gasteiger partial charge in [-0.25, -0.2) is 4.39 Å². The summed E-state index contributed by atoms with van der Waals surface area (Å²) < 4.78 is 15.1. The minimum Gasteiger partial charge on any atom is -0.247 e. The van der Waals surface area contributed by atoms with Crippen molar-refractivity contribution >= 4 is 0 Å². The third-order valence-corrected chi connectivity index (χ3v) is 8.71. The second kappa shape index (κ2) is 10.5. The minimum atomic E-state index is -0.487. The summed E-state index contributed by atoms with van der Waals surface area (Å²) in [5.74, 6) is 4.62. The molecule has 0 aromatic rings. The molecule has 0 aromatic heterocycles. The molecule has 0 bridgehead atoms. The standard InChI is InChI=1S/C25H45F/c1-3-5-6-7-20-10-12-21(13-11-20)23-16-17-24(25(26)18-23)22-14-8-19(4-2)9-15-22/h19-25H,3-18H2,1-2H3. The molecule has 0 amide bonds. The number of hydrogen-bond acceptors (Lipinski definition) is 0. The monoisotopic (exact) mass is 364 g/mol. The van der Waals surface area contributed by atoms with Crippen molar-refractivity contribution in [1.29, 1.82) is 0 Å². The van der Waals surface area contributed by atoms with Crippen LogP contribution in [0.5, 0.6) is 0 Å². The number of rotatable bonds is 7. The van der Waals surface area contributed by atoms with Crippen molar-refractivity contribution in [2.45, 2.75) is 123 Å². The Morgan fingerprint density at radius 3 is 1.88 bits per heavy atom. The van der Waals surface area contributed by atoms with Crippen LogP contribution in [0.2, 0.25) is 0 Å². The molecule has 26 heavy (non-hydrogen) atoms. The van der Waals surface area contributed by atoms with Gasteiger partial charge in [0.05, 0.1) is 0 Å². The van der Waals surface area contributed by atoms with Crippen molar-refractivity contribution in [3.8, 4) is 0 Å². The highest BCUT2D eigenvalue weighted by Crippen LogP contribution is 2.47. The van der Waals surface area contributed by atoms with Gasteiger partial charge < -0.3 is 0 Å². The van der Waals surface area contributed by atoms with Gasteiger partial charge in [-0.1, -0.05) is 71.6 Å². The van der Waals surface area contributed by atoms with Crippen LogP contribution in [0.1, 0.15) is 117 Å². The molecule has 0 N–H and O–H groups in total. The predicted molar refractivity (Wildman–Crippen MR) is 111 cm³/mol. The largest absolute Gasteiger partial charge is 0.247 e. The lowest BCUT2D eigenvalue weighted by atomic mass is 9.64. The van der Waals surface area contributed by atoms with Crippen LogP contribution in [0.15, 0.2) is 0 Å². The lowest BCUT2D eigenvalue weighted by molar-refractivity contribution is 0.0328. The van der Waals surface area contributed by atoms with E-state index >= 15 is 4.39 Å². The normalized spacial score (nSPS) is 41.9. The quantitative estimate of drug-likeness (QED) is 0.398. The second-order valence-corrected chi connectivity index (χ2v) is 10.2. The lowest BCUT2D eigenvalue weighted by Crippen LogP contribution is -2.36. The van der Waals surface area contributed by atoms with Gasteiger partial charge in [0.2, 0.25) is 0 Å². The average molecular weight is 365 g/mol. The molecule has 1 heteroatoms. The van der Waals surface area contributed by atoms with E-state index in [0.717, 1.165) is 24.2 Å². The van der Waals surface area contributed by atoms with Gasteiger partial charge in [-0.2, -0.15) is 0 Å². The lowest BCUT2D eigenvalue weighted by Gasteiger charge is -2.43. The first-order valence-corrected chi connectivity index (χ1v) is 12.3. The first kappa shape index (κ1) is 20.7. The molecule has 0 aromatic carbocycles. The maximum atomic E-state index is 15.1. The molecule has 0 aliphatic heterocycles. The molecule has 0 radical (unpaired) electrons. The molecule has 3 aliphatic rings. The minimum absolute atomic E-state index is 0.412. The van der Waals surface area contributed by atoms with Crippen LogP contribution in [0.3, 0.4) is 0 Å². The molecular formula is C25H45F. The summed E-state index contributed by atoms with van der Waals surface area (Å²) in [7, 11) is 0. The Labute approximate surface area is 163 Å². The molecule has 3 aliphatic carbocycles. The highest BCUT2D eigenvalue weighted by atomic mass is 19.1. The third kappa shape index (κ3) is 5.48. The zero-order valence-electron chi connectivity index (χ0n) is 17.7. The zero-order chi connectivity index (χ0) is 18.4. The SMILES string of the molecule is CCCCCC1CCC(C2CCC(C3CCC(CC)CC3)C(F)C2)CC1. The molecule has 0 spiro atoms. The molecule has 3 atom stereocenters. The van der Waals surface area contributed by atoms with E-state index < -0.39 is 6.17 Å². The first-order chi connectivity index (χ1) is 12.7. The van der Waals surface area contributed by atoms with Gasteiger partial charge in [0.1, 0.15) is 6.17 Å². The van der Waals surface area contributed by atoms with Crippen LogP contribution in [0, 0.1) is 35.5 Å². The van der Waals surface area contributed by atoms with Crippen LogP contribution in [0.25, 0.3) is 0 Å². The van der Waals surface area contributed by atoms with Crippen LogP contribution < -0.4 is 0 Å². The van der Waals surface area contributed by atoms with Gasteiger partial charge in [-0.05, 0) is 80.5 Å². The molecule has 3 unspecified atom stereocenters.